The number of esters is 4. The lowest BCUT2D eigenvalue weighted by Crippen LogP contribution is -2.30. The lowest BCUT2D eigenvalue weighted by Gasteiger charge is -2.21. The molecule has 0 saturated carbocycles. The van der Waals surface area contributed by atoms with Crippen LogP contribution in [0.1, 0.15) is 285 Å². The van der Waals surface area contributed by atoms with E-state index in [4.69, 9.17) is 37.0 Å². The molecule has 0 fully saturated rings. The normalized spacial score (nSPS) is 14.8. The van der Waals surface area contributed by atoms with Crippen molar-refractivity contribution in [3.05, 3.63) is 158 Å². The zero-order valence-electron chi connectivity index (χ0n) is 63.2. The van der Waals surface area contributed by atoms with Gasteiger partial charge in [-0.05, 0) is 148 Å². The average molecular weight is 1470 g/mol. The maximum absolute atomic E-state index is 13.1. The summed E-state index contributed by atoms with van der Waals surface area (Å²) in [5, 5.41) is 10.6. The molecule has 0 bridgehead atoms. The lowest BCUT2D eigenvalue weighted by molar-refractivity contribution is -0.161. The van der Waals surface area contributed by atoms with Crippen LogP contribution in [0.4, 0.5) is 0 Å². The Hall–Kier alpha value is -5.32. The number of rotatable bonds is 71. The lowest BCUT2D eigenvalue weighted by atomic mass is 10.1. The first-order valence-electron chi connectivity index (χ1n) is 38.7. The van der Waals surface area contributed by atoms with Crippen LogP contribution in [0.5, 0.6) is 0 Å². The topological polar surface area (TPSA) is 237 Å². The molecule has 3 N–H and O–H groups in total. The Bertz CT molecular complexity index is 2550. The van der Waals surface area contributed by atoms with Crippen LogP contribution in [0.15, 0.2) is 158 Å². The number of aliphatic hydroxyl groups excluding tert-OH is 1. The highest BCUT2D eigenvalue weighted by Gasteiger charge is 2.30. The highest BCUT2D eigenvalue weighted by Crippen LogP contribution is 2.45. The van der Waals surface area contributed by atoms with Crippen LogP contribution in [0.2, 0.25) is 0 Å². The Labute approximate surface area is 617 Å². The van der Waals surface area contributed by atoms with Gasteiger partial charge < -0.3 is 33.8 Å². The van der Waals surface area contributed by atoms with Crippen LogP contribution in [-0.2, 0) is 65.4 Å². The van der Waals surface area contributed by atoms with Gasteiger partial charge in [0.15, 0.2) is 12.2 Å². The second-order valence-electron chi connectivity index (χ2n) is 25.2. The Balaban J connectivity index is 5.46. The van der Waals surface area contributed by atoms with E-state index in [1.807, 2.05) is 18.2 Å². The van der Waals surface area contributed by atoms with E-state index in [9.17, 15) is 43.2 Å². The third-order valence-electron chi connectivity index (χ3n) is 15.5. The number of unbranched alkanes of at least 4 members (excludes halogenated alkanes) is 20. The van der Waals surface area contributed by atoms with E-state index < -0.39 is 97.5 Å². The summed E-state index contributed by atoms with van der Waals surface area (Å²) in [7, 11) is -10.0. The van der Waals surface area contributed by atoms with Gasteiger partial charge in [0.2, 0.25) is 0 Å². The molecular weight excluding hydrogens is 1330 g/mol. The van der Waals surface area contributed by atoms with Crippen molar-refractivity contribution in [1.29, 1.82) is 0 Å². The van der Waals surface area contributed by atoms with Crippen LogP contribution in [0, 0.1) is 0 Å². The molecule has 5 unspecified atom stereocenters. The maximum Gasteiger partial charge on any atom is 0.472 e. The zero-order valence-corrected chi connectivity index (χ0v) is 65.0. The first kappa shape index (κ1) is 96.7. The van der Waals surface area contributed by atoms with Crippen molar-refractivity contribution in [2.24, 2.45) is 0 Å². The quantitative estimate of drug-likeness (QED) is 0.0169. The number of phosphoric ester groups is 2. The molecule has 580 valence electrons. The smallest absolute Gasteiger partial charge is 0.462 e. The summed E-state index contributed by atoms with van der Waals surface area (Å²) in [6.07, 6.45) is 85.4. The van der Waals surface area contributed by atoms with Gasteiger partial charge >= 0.3 is 39.5 Å². The summed E-state index contributed by atoms with van der Waals surface area (Å²) < 4.78 is 68.4. The van der Waals surface area contributed by atoms with Gasteiger partial charge in [0.1, 0.15) is 19.3 Å². The minimum atomic E-state index is -5.01. The fourth-order valence-corrected chi connectivity index (χ4v) is 11.3. The summed E-state index contributed by atoms with van der Waals surface area (Å²) in [4.78, 5) is 72.9. The number of carbonyl (C=O) groups is 4. The summed E-state index contributed by atoms with van der Waals surface area (Å²) >= 11 is 0. The van der Waals surface area contributed by atoms with Gasteiger partial charge in [-0.15, -0.1) is 0 Å². The van der Waals surface area contributed by atoms with Crippen LogP contribution < -0.4 is 0 Å². The van der Waals surface area contributed by atoms with E-state index in [0.717, 1.165) is 186 Å². The number of phosphoric acid groups is 2. The fraction of sp³-hybridized carbons (Fsp3) is 0.639. The molecule has 5 atom stereocenters. The molecule has 0 aliphatic carbocycles. The number of ether oxygens (including phenoxy) is 4. The molecule has 0 saturated heterocycles. The fourth-order valence-electron chi connectivity index (χ4n) is 9.70. The molecule has 0 aromatic rings. The minimum Gasteiger partial charge on any atom is -0.462 e. The molecule has 17 nitrogen and oxygen atoms in total. The van der Waals surface area contributed by atoms with Gasteiger partial charge in [-0.2, -0.15) is 0 Å². The SMILES string of the molecule is CC/C=C\C/C=C\C/C=C\C/C=C\C/C=C\CC(=O)OCC(COP(=O)(O)OCC(O)COP(=O)(O)OCC(COC(=O)CCCCCCCCC/C=C\C/C=C\C/C=C\CC)OC(=O)CCCCCCC/C=C\C/C=C\CCCCC)OC(=O)CCCCCCC/C=C\C/C=C\C/C=C\CC. The molecule has 19 heteroatoms. The molecular formula is C83H136O17P2. The third-order valence-corrected chi connectivity index (χ3v) is 17.4. The average Bonchev–Trinajstić information content (AvgIpc) is 0.926. The highest BCUT2D eigenvalue weighted by atomic mass is 31.2. The summed E-state index contributed by atoms with van der Waals surface area (Å²) in [6.45, 7) is 4.34. The second kappa shape index (κ2) is 74.0. The van der Waals surface area contributed by atoms with Crippen molar-refractivity contribution in [3.63, 3.8) is 0 Å². The summed E-state index contributed by atoms with van der Waals surface area (Å²) in [5.74, 6) is -2.38. The summed E-state index contributed by atoms with van der Waals surface area (Å²) in [6, 6.07) is 0. The van der Waals surface area contributed by atoms with Gasteiger partial charge in [0.05, 0.1) is 32.8 Å². The Morgan fingerprint density at radius 3 is 0.873 bits per heavy atom. The second-order valence-corrected chi connectivity index (χ2v) is 28.1. The van der Waals surface area contributed by atoms with Gasteiger partial charge in [-0.3, -0.25) is 37.3 Å². The standard InChI is InChI=1S/C83H136O17P2/c1-5-9-13-17-21-25-29-33-37-38-42-44-48-52-56-60-64-68-81(86)94-74-79(100-83(88)70-66-62-58-54-50-46-41-36-32-28-24-20-16-12-8-4)76-98-102(91,92)96-72-77(84)71-95-101(89,90)97-75-78(99-82(87)69-65-61-57-53-49-45-40-35-31-27-23-19-15-11-7-3)73-93-80(85)67-63-59-55-51-47-43-39-34-30-26-22-18-14-10-6-2/h9-11,13-15,21-28,33-37,39-41,47,51,59,63,77-79,84H,5-8,12,16-20,29-32,38,42-46,48-50,52-58,60-62,64-76H2,1-4H3,(H,89,90)(H,91,92)/b13-9-,14-10-,15-11-,25-21-,26-22-,27-23-,28-24-,37-33-,39-34-,40-35-,41-36-,51-47-,63-59-. The van der Waals surface area contributed by atoms with Gasteiger partial charge in [-0.1, -0.05) is 269 Å². The van der Waals surface area contributed by atoms with Crippen LogP contribution in [0.3, 0.4) is 0 Å². The predicted molar refractivity (Wildman–Crippen MR) is 417 cm³/mol. The van der Waals surface area contributed by atoms with E-state index in [-0.39, 0.29) is 25.7 Å². The van der Waals surface area contributed by atoms with Gasteiger partial charge in [0, 0.05) is 19.3 Å². The van der Waals surface area contributed by atoms with Crippen molar-refractivity contribution in [2.75, 3.05) is 39.6 Å². The Kier molecular flexibility index (Phi) is 70.1. The van der Waals surface area contributed by atoms with Crippen LogP contribution in [0.25, 0.3) is 0 Å². The van der Waals surface area contributed by atoms with Crippen molar-refractivity contribution in [1.82, 2.24) is 0 Å². The number of hydrogen-bond acceptors (Lipinski definition) is 15. The Morgan fingerprint density at radius 1 is 0.294 bits per heavy atom. The van der Waals surface area contributed by atoms with Crippen molar-refractivity contribution in [2.45, 2.75) is 303 Å². The maximum atomic E-state index is 13.1. The summed E-state index contributed by atoms with van der Waals surface area (Å²) in [5.41, 5.74) is 0. The third kappa shape index (κ3) is 73.0. The van der Waals surface area contributed by atoms with E-state index in [0.29, 0.717) is 25.7 Å². The van der Waals surface area contributed by atoms with Gasteiger partial charge in [0.25, 0.3) is 0 Å². The van der Waals surface area contributed by atoms with Crippen molar-refractivity contribution in [3.8, 4) is 0 Å². The monoisotopic (exact) mass is 1470 g/mol. The first-order chi connectivity index (χ1) is 49.7. The number of aliphatic hydroxyl groups is 1. The molecule has 0 aromatic carbocycles. The number of allylic oxidation sites excluding steroid dienone is 25. The van der Waals surface area contributed by atoms with Crippen molar-refractivity contribution < 1.29 is 80.2 Å². The van der Waals surface area contributed by atoms with E-state index in [2.05, 4.69) is 161 Å². The molecule has 0 rings (SSSR count). The largest absolute Gasteiger partial charge is 0.472 e. The number of hydrogen-bond donors (Lipinski definition) is 3. The molecule has 0 radical (unpaired) electrons. The van der Waals surface area contributed by atoms with Crippen molar-refractivity contribution >= 4 is 39.5 Å². The highest BCUT2D eigenvalue weighted by molar-refractivity contribution is 7.47. The van der Waals surface area contributed by atoms with Crippen LogP contribution in [-0.4, -0.2) is 96.7 Å². The predicted octanol–water partition coefficient (Wildman–Crippen LogP) is 22.4. The minimum absolute atomic E-state index is 0.0507. The number of carbonyl (C=O) groups excluding carboxylic acids is 4. The molecule has 0 aliphatic heterocycles. The molecule has 0 spiro atoms. The van der Waals surface area contributed by atoms with E-state index in [1.54, 1.807) is 6.08 Å². The molecule has 102 heavy (non-hydrogen) atoms. The molecule has 0 aliphatic rings. The first-order valence-corrected chi connectivity index (χ1v) is 41.7. The van der Waals surface area contributed by atoms with E-state index >= 15 is 0 Å². The van der Waals surface area contributed by atoms with Gasteiger partial charge in [-0.25, -0.2) is 9.13 Å². The zero-order chi connectivity index (χ0) is 74.6. The Morgan fingerprint density at radius 2 is 0.549 bits per heavy atom. The van der Waals surface area contributed by atoms with E-state index in [1.165, 1.54) is 19.3 Å². The molecule has 0 amide bonds. The molecule has 0 aromatic heterocycles. The van der Waals surface area contributed by atoms with Crippen LogP contribution >= 0.6 is 15.6 Å². The molecule has 0 heterocycles.